The Bertz CT molecular complexity index is 1090. The van der Waals surface area contributed by atoms with E-state index in [-0.39, 0.29) is 5.91 Å². The zero-order valence-corrected chi connectivity index (χ0v) is 19.8. The first-order valence-electron chi connectivity index (χ1n) is 12.5. The van der Waals surface area contributed by atoms with Crippen LogP contribution in [0.2, 0.25) is 0 Å². The van der Waals surface area contributed by atoms with E-state index in [1.807, 2.05) is 46.1 Å². The summed E-state index contributed by atoms with van der Waals surface area (Å²) in [5.74, 6) is 1.45. The molecule has 2 aliphatic rings. The highest BCUT2D eigenvalue weighted by Crippen LogP contribution is 2.25. The lowest BCUT2D eigenvalue weighted by molar-refractivity contribution is 0.0322. The third-order valence-electron chi connectivity index (χ3n) is 7.03. The first-order chi connectivity index (χ1) is 16.8. The fraction of sp³-hybridized carbons (Fsp3) is 0.481. The van der Waals surface area contributed by atoms with Gasteiger partial charge in [0.05, 0.1) is 18.7 Å². The molecule has 0 aliphatic carbocycles. The van der Waals surface area contributed by atoms with Crippen molar-refractivity contribution in [3.05, 3.63) is 66.0 Å². The van der Waals surface area contributed by atoms with Crippen LogP contribution in [-0.2, 0) is 11.2 Å². The summed E-state index contributed by atoms with van der Waals surface area (Å²) in [6.45, 7) is 6.60. The van der Waals surface area contributed by atoms with Crippen molar-refractivity contribution in [1.29, 1.82) is 0 Å². The number of carbonyl (C=O) groups excluding carboxylic acids is 1. The second-order valence-corrected chi connectivity index (χ2v) is 9.32. The largest absolute Gasteiger partial charge is 0.492 e. The van der Waals surface area contributed by atoms with Gasteiger partial charge < -0.3 is 14.4 Å². The van der Waals surface area contributed by atoms with Crippen LogP contribution in [0.25, 0.3) is 5.52 Å². The molecule has 0 saturated carbocycles. The van der Waals surface area contributed by atoms with Crippen LogP contribution in [0.5, 0.6) is 5.75 Å². The lowest BCUT2D eigenvalue weighted by Gasteiger charge is -2.26. The molecule has 1 atom stereocenters. The van der Waals surface area contributed by atoms with Gasteiger partial charge in [0, 0.05) is 50.7 Å². The van der Waals surface area contributed by atoms with Gasteiger partial charge in [-0.2, -0.15) is 5.10 Å². The Labute approximate surface area is 201 Å². The van der Waals surface area contributed by atoms with Crippen LogP contribution in [0.4, 0.5) is 0 Å². The monoisotopic (exact) mass is 462 g/mol. The number of likely N-dealkylation sites (tertiary alicyclic amines) is 1. The molecule has 0 unspecified atom stereocenters. The van der Waals surface area contributed by atoms with Crippen LogP contribution in [0.15, 0.2) is 54.9 Å². The van der Waals surface area contributed by atoms with Crippen LogP contribution in [0.1, 0.15) is 35.2 Å². The number of morpholine rings is 1. The van der Waals surface area contributed by atoms with E-state index in [4.69, 9.17) is 9.47 Å². The van der Waals surface area contributed by atoms with Crippen molar-refractivity contribution in [2.45, 2.75) is 25.7 Å². The van der Waals surface area contributed by atoms with Gasteiger partial charge in [-0.3, -0.25) is 9.69 Å². The molecule has 3 aromatic rings. The second kappa shape index (κ2) is 11.0. The first-order valence-corrected chi connectivity index (χ1v) is 12.5. The van der Waals surface area contributed by atoms with E-state index in [0.29, 0.717) is 18.1 Å². The molecular weight excluding hydrogens is 428 g/mol. The lowest BCUT2D eigenvalue weighted by Crippen LogP contribution is -2.38. The number of benzene rings is 1. The molecule has 2 aliphatic heterocycles. The molecule has 5 rings (SSSR count). The van der Waals surface area contributed by atoms with Gasteiger partial charge in [0.25, 0.3) is 5.91 Å². The van der Waals surface area contributed by atoms with E-state index in [9.17, 15) is 4.79 Å². The van der Waals surface area contributed by atoms with E-state index in [1.165, 1.54) is 11.1 Å². The van der Waals surface area contributed by atoms with Gasteiger partial charge in [-0.05, 0) is 67.5 Å². The average molecular weight is 463 g/mol. The first kappa shape index (κ1) is 22.9. The van der Waals surface area contributed by atoms with Crippen LogP contribution in [0, 0.1) is 5.92 Å². The summed E-state index contributed by atoms with van der Waals surface area (Å²) in [4.78, 5) is 17.6. The van der Waals surface area contributed by atoms with Crippen LogP contribution < -0.4 is 4.74 Å². The zero-order chi connectivity index (χ0) is 23.2. The number of carbonyl (C=O) groups is 1. The Hall–Kier alpha value is -2.90. The number of pyridine rings is 1. The molecule has 1 aromatic carbocycles. The van der Waals surface area contributed by atoms with E-state index in [2.05, 4.69) is 28.2 Å². The summed E-state index contributed by atoms with van der Waals surface area (Å²) in [5, 5.41) is 4.36. The molecule has 1 amide bonds. The van der Waals surface area contributed by atoms with E-state index < -0.39 is 0 Å². The van der Waals surface area contributed by atoms with Gasteiger partial charge >= 0.3 is 0 Å². The van der Waals surface area contributed by atoms with Gasteiger partial charge in [-0.15, -0.1) is 0 Å². The molecule has 0 bridgehead atoms. The average Bonchev–Trinajstić information content (AvgIpc) is 3.25. The highest BCUT2D eigenvalue weighted by molar-refractivity contribution is 5.94. The van der Waals surface area contributed by atoms with Gasteiger partial charge in [0.15, 0.2) is 0 Å². The van der Waals surface area contributed by atoms with Crippen LogP contribution in [0.3, 0.4) is 0 Å². The number of hydrogen-bond donors (Lipinski definition) is 0. The maximum atomic E-state index is 13.3. The molecule has 2 fully saturated rings. The minimum absolute atomic E-state index is 0.108. The van der Waals surface area contributed by atoms with E-state index in [1.54, 1.807) is 0 Å². The summed E-state index contributed by atoms with van der Waals surface area (Å²) in [6, 6.07) is 14.0. The Balaban J connectivity index is 1.15. The number of amides is 1. The summed E-state index contributed by atoms with van der Waals surface area (Å²) in [7, 11) is 0. The van der Waals surface area contributed by atoms with Crippen molar-refractivity contribution >= 4 is 11.4 Å². The van der Waals surface area contributed by atoms with Gasteiger partial charge in [-0.1, -0.05) is 12.1 Å². The van der Waals surface area contributed by atoms with Gasteiger partial charge in [0.1, 0.15) is 12.4 Å². The third-order valence-corrected chi connectivity index (χ3v) is 7.03. The summed E-state index contributed by atoms with van der Waals surface area (Å²) >= 11 is 0. The topological polar surface area (TPSA) is 59.3 Å². The summed E-state index contributed by atoms with van der Waals surface area (Å²) < 4.78 is 13.3. The number of ether oxygens (including phenoxy) is 2. The number of fused-ring (bicyclic) bond motifs is 1. The highest BCUT2D eigenvalue weighted by atomic mass is 16.5. The van der Waals surface area contributed by atoms with Crippen LogP contribution in [-0.4, -0.2) is 77.9 Å². The lowest BCUT2D eigenvalue weighted by atomic mass is 9.92. The smallest absolute Gasteiger partial charge is 0.253 e. The summed E-state index contributed by atoms with van der Waals surface area (Å²) in [6.07, 6.45) is 8.08. The molecule has 34 heavy (non-hydrogen) atoms. The second-order valence-electron chi connectivity index (χ2n) is 9.32. The van der Waals surface area contributed by atoms with E-state index >= 15 is 0 Å². The fourth-order valence-electron chi connectivity index (χ4n) is 5.09. The maximum Gasteiger partial charge on any atom is 0.253 e. The molecule has 0 N–H and O–H groups in total. The van der Waals surface area contributed by atoms with Crippen molar-refractivity contribution in [3.8, 4) is 5.75 Å². The quantitative estimate of drug-likeness (QED) is 0.538. The predicted octanol–water partition coefficient (Wildman–Crippen LogP) is 3.53. The highest BCUT2D eigenvalue weighted by Gasteiger charge is 2.23. The van der Waals surface area contributed by atoms with Crippen molar-refractivity contribution < 1.29 is 14.3 Å². The SMILES string of the molecule is O=C(c1cccc(OCCN2CCOCC2)c1)N1CCC[C@H](Cc2cccn3nccc23)CC1. The Morgan fingerprint density at radius 1 is 1.06 bits per heavy atom. The van der Waals surface area contributed by atoms with Crippen molar-refractivity contribution in [3.63, 3.8) is 0 Å². The fourth-order valence-corrected chi connectivity index (χ4v) is 5.09. The van der Waals surface area contributed by atoms with Crippen molar-refractivity contribution in [2.75, 3.05) is 52.5 Å². The molecule has 7 heteroatoms. The van der Waals surface area contributed by atoms with Gasteiger partial charge in [-0.25, -0.2) is 4.52 Å². The molecule has 0 spiro atoms. The molecule has 4 heterocycles. The minimum Gasteiger partial charge on any atom is -0.492 e. The van der Waals surface area contributed by atoms with Crippen molar-refractivity contribution in [2.24, 2.45) is 5.92 Å². The number of nitrogens with zero attached hydrogens (tertiary/aromatic N) is 4. The molecule has 2 aromatic heterocycles. The molecule has 180 valence electrons. The third kappa shape index (κ3) is 5.59. The standard InChI is InChI=1S/C27H34N4O3/c32-27(24-5-1-7-25(21-24)34-19-16-29-14-17-33-18-15-29)30-11-2-4-22(9-13-30)20-23-6-3-12-31-26(23)8-10-28-31/h1,3,5-8,10,12,21-22H,2,4,9,11,13-20H2/t22-/m0/s1. The number of aromatic nitrogens is 2. The van der Waals surface area contributed by atoms with Crippen molar-refractivity contribution in [1.82, 2.24) is 19.4 Å². The zero-order valence-electron chi connectivity index (χ0n) is 19.8. The molecule has 2 saturated heterocycles. The molecule has 0 radical (unpaired) electrons. The number of hydrogen-bond acceptors (Lipinski definition) is 5. The number of rotatable bonds is 7. The van der Waals surface area contributed by atoms with E-state index in [0.717, 1.165) is 77.4 Å². The van der Waals surface area contributed by atoms with Gasteiger partial charge in [0.2, 0.25) is 0 Å². The Kier molecular flexibility index (Phi) is 7.41. The molecule has 7 nitrogen and oxygen atoms in total. The normalized spacial score (nSPS) is 19.8. The Morgan fingerprint density at radius 2 is 1.97 bits per heavy atom. The molecular formula is C27H34N4O3. The van der Waals surface area contributed by atoms with Crippen LogP contribution >= 0.6 is 0 Å². The summed E-state index contributed by atoms with van der Waals surface area (Å²) in [5.41, 5.74) is 3.24. The minimum atomic E-state index is 0.108. The Morgan fingerprint density at radius 3 is 2.88 bits per heavy atom. The maximum absolute atomic E-state index is 13.3. The predicted molar refractivity (Wildman–Crippen MR) is 131 cm³/mol.